The number of sulfonamides is 1. The molecule has 1 aromatic rings. The number of rotatable bonds is 6. The topological polar surface area (TPSA) is 49.9 Å². The van der Waals surface area contributed by atoms with Gasteiger partial charge in [0.25, 0.3) is 0 Å². The second-order valence-electron chi connectivity index (χ2n) is 7.68. The van der Waals surface area contributed by atoms with E-state index in [1.165, 1.54) is 41.4 Å². The molecule has 0 unspecified atom stereocenters. The highest BCUT2D eigenvalue weighted by Gasteiger charge is 2.30. The SMILES string of the molecule is CC1CCN(CC2CCN(S(=O)(=O)c3ccc(OC(F)F)cc3)CC2)CC1. The van der Waals surface area contributed by atoms with Gasteiger partial charge in [-0.1, -0.05) is 6.92 Å². The fourth-order valence-electron chi connectivity index (χ4n) is 3.88. The maximum absolute atomic E-state index is 12.8. The summed E-state index contributed by atoms with van der Waals surface area (Å²) in [5, 5.41) is 0. The maximum Gasteiger partial charge on any atom is 0.387 e. The lowest BCUT2D eigenvalue weighted by Gasteiger charge is -2.36. The third-order valence-corrected chi connectivity index (χ3v) is 7.57. The Labute approximate surface area is 160 Å². The van der Waals surface area contributed by atoms with E-state index in [4.69, 9.17) is 0 Å². The lowest BCUT2D eigenvalue weighted by Crippen LogP contribution is -2.43. The normalized spacial score (nSPS) is 21.6. The molecule has 1 aromatic carbocycles. The number of ether oxygens (including phenoxy) is 1. The Kier molecular flexibility index (Phi) is 6.70. The van der Waals surface area contributed by atoms with Crippen molar-refractivity contribution in [3.63, 3.8) is 0 Å². The minimum absolute atomic E-state index is 0.0430. The minimum atomic E-state index is -3.59. The monoisotopic (exact) mass is 402 g/mol. The molecule has 0 amide bonds. The summed E-state index contributed by atoms with van der Waals surface area (Å²) in [5.41, 5.74) is 0. The molecule has 0 atom stereocenters. The van der Waals surface area contributed by atoms with Gasteiger partial charge in [0.2, 0.25) is 10.0 Å². The molecule has 2 saturated heterocycles. The molecule has 8 heteroatoms. The van der Waals surface area contributed by atoms with Crippen molar-refractivity contribution in [1.82, 2.24) is 9.21 Å². The molecule has 0 aliphatic carbocycles. The van der Waals surface area contributed by atoms with Gasteiger partial charge in [-0.05, 0) is 74.9 Å². The predicted octanol–water partition coefficient (Wildman–Crippen LogP) is 3.42. The van der Waals surface area contributed by atoms with Crippen molar-refractivity contribution < 1.29 is 21.9 Å². The number of alkyl halides is 2. The summed E-state index contributed by atoms with van der Waals surface area (Å²) in [4.78, 5) is 2.63. The number of likely N-dealkylation sites (tertiary alicyclic amines) is 1. The second kappa shape index (κ2) is 8.84. The smallest absolute Gasteiger partial charge is 0.387 e. The summed E-state index contributed by atoms with van der Waals surface area (Å²) >= 11 is 0. The van der Waals surface area contributed by atoms with E-state index in [1.54, 1.807) is 0 Å². The van der Waals surface area contributed by atoms with Crippen molar-refractivity contribution in [2.75, 3.05) is 32.7 Å². The van der Waals surface area contributed by atoms with Crippen molar-refractivity contribution in [2.45, 2.75) is 44.1 Å². The van der Waals surface area contributed by atoms with Crippen LogP contribution in [0.4, 0.5) is 8.78 Å². The highest BCUT2D eigenvalue weighted by atomic mass is 32.2. The Balaban J connectivity index is 1.53. The van der Waals surface area contributed by atoms with E-state index in [1.807, 2.05) is 0 Å². The summed E-state index contributed by atoms with van der Waals surface area (Å²) in [6, 6.07) is 5.19. The molecule has 0 N–H and O–H groups in total. The fraction of sp³-hybridized carbons (Fsp3) is 0.684. The molecule has 2 fully saturated rings. The van der Waals surface area contributed by atoms with Gasteiger partial charge in [-0.2, -0.15) is 13.1 Å². The lowest BCUT2D eigenvalue weighted by molar-refractivity contribution is -0.0498. The number of halogens is 2. The fourth-order valence-corrected chi connectivity index (χ4v) is 5.35. The highest BCUT2D eigenvalue weighted by molar-refractivity contribution is 7.89. The molecular weight excluding hydrogens is 374 g/mol. The van der Waals surface area contributed by atoms with Gasteiger partial charge in [0.15, 0.2) is 0 Å². The van der Waals surface area contributed by atoms with Gasteiger partial charge in [0.05, 0.1) is 4.90 Å². The van der Waals surface area contributed by atoms with Crippen molar-refractivity contribution in [2.24, 2.45) is 11.8 Å². The molecule has 3 rings (SSSR count). The van der Waals surface area contributed by atoms with Crippen molar-refractivity contribution in [3.8, 4) is 5.75 Å². The average molecular weight is 403 g/mol. The van der Waals surface area contributed by atoms with Gasteiger partial charge in [-0.3, -0.25) is 0 Å². The Hall–Kier alpha value is -1.25. The zero-order chi connectivity index (χ0) is 19.4. The zero-order valence-electron chi connectivity index (χ0n) is 15.7. The molecule has 0 aromatic heterocycles. The molecule has 0 spiro atoms. The van der Waals surface area contributed by atoms with Crippen LogP contribution in [-0.4, -0.2) is 57.0 Å². The Morgan fingerprint density at radius 2 is 1.63 bits per heavy atom. The maximum atomic E-state index is 12.8. The molecule has 2 heterocycles. The van der Waals surface area contributed by atoms with Crippen LogP contribution in [0, 0.1) is 11.8 Å². The van der Waals surface area contributed by atoms with Gasteiger partial charge in [0.1, 0.15) is 5.75 Å². The van der Waals surface area contributed by atoms with Crippen LogP contribution in [0.3, 0.4) is 0 Å². The number of hydrogen-bond donors (Lipinski definition) is 0. The number of benzene rings is 1. The van der Waals surface area contributed by atoms with Gasteiger partial charge < -0.3 is 9.64 Å². The predicted molar refractivity (Wildman–Crippen MR) is 99.4 cm³/mol. The van der Waals surface area contributed by atoms with Crippen molar-refractivity contribution in [3.05, 3.63) is 24.3 Å². The van der Waals surface area contributed by atoms with Crippen LogP contribution < -0.4 is 4.74 Å². The number of hydrogen-bond acceptors (Lipinski definition) is 4. The van der Waals surface area contributed by atoms with Crippen LogP contribution in [0.25, 0.3) is 0 Å². The van der Waals surface area contributed by atoms with E-state index in [0.29, 0.717) is 19.0 Å². The first-order valence-electron chi connectivity index (χ1n) is 9.62. The van der Waals surface area contributed by atoms with Gasteiger partial charge in [0, 0.05) is 19.6 Å². The molecular formula is C19H28F2N2O3S. The molecule has 0 bridgehead atoms. The lowest BCUT2D eigenvalue weighted by atomic mass is 9.94. The van der Waals surface area contributed by atoms with Gasteiger partial charge in [-0.15, -0.1) is 0 Å². The number of piperidine rings is 2. The van der Waals surface area contributed by atoms with Crippen molar-refractivity contribution in [1.29, 1.82) is 0 Å². The molecule has 2 aliphatic rings. The van der Waals surface area contributed by atoms with E-state index in [2.05, 4.69) is 16.6 Å². The Morgan fingerprint density at radius 1 is 1.04 bits per heavy atom. The second-order valence-corrected chi connectivity index (χ2v) is 9.62. The van der Waals surface area contributed by atoms with E-state index in [-0.39, 0.29) is 10.6 Å². The van der Waals surface area contributed by atoms with E-state index < -0.39 is 16.6 Å². The highest BCUT2D eigenvalue weighted by Crippen LogP contribution is 2.27. The average Bonchev–Trinajstić information content (AvgIpc) is 2.64. The third kappa shape index (κ3) is 5.39. The largest absolute Gasteiger partial charge is 0.435 e. The van der Waals surface area contributed by atoms with Crippen LogP contribution in [0.1, 0.15) is 32.6 Å². The zero-order valence-corrected chi connectivity index (χ0v) is 16.5. The van der Waals surface area contributed by atoms with Gasteiger partial charge >= 0.3 is 6.61 Å². The molecule has 0 saturated carbocycles. The summed E-state index contributed by atoms with van der Waals surface area (Å²) in [6.07, 6.45) is 4.21. The molecule has 152 valence electrons. The standard InChI is InChI=1S/C19H28F2N2O3S/c1-15-6-10-22(11-7-15)14-16-8-12-23(13-9-16)27(24,25)18-4-2-17(3-5-18)26-19(20)21/h2-5,15-16,19H,6-14H2,1H3. The summed E-state index contributed by atoms with van der Waals surface area (Å²) < 4.78 is 55.8. The summed E-state index contributed by atoms with van der Waals surface area (Å²) in [6.45, 7) is 3.74. The van der Waals surface area contributed by atoms with Crippen molar-refractivity contribution >= 4 is 10.0 Å². The molecule has 2 aliphatic heterocycles. The van der Waals surface area contributed by atoms with Crippen LogP contribution in [0.5, 0.6) is 5.75 Å². The van der Waals surface area contributed by atoms with Gasteiger partial charge in [-0.25, -0.2) is 8.42 Å². The third-order valence-electron chi connectivity index (χ3n) is 5.65. The Bertz CT molecular complexity index is 696. The Morgan fingerprint density at radius 3 is 2.19 bits per heavy atom. The summed E-state index contributed by atoms with van der Waals surface area (Å²) in [7, 11) is -3.59. The molecule has 27 heavy (non-hydrogen) atoms. The minimum Gasteiger partial charge on any atom is -0.435 e. The first kappa shape index (κ1) is 20.5. The van der Waals surface area contributed by atoms with E-state index >= 15 is 0 Å². The quantitative estimate of drug-likeness (QED) is 0.732. The molecule has 0 radical (unpaired) electrons. The van der Waals surface area contributed by atoms with E-state index in [9.17, 15) is 17.2 Å². The van der Waals surface area contributed by atoms with E-state index in [0.717, 1.165) is 38.4 Å². The number of nitrogens with zero attached hydrogens (tertiary/aromatic N) is 2. The van der Waals surface area contributed by atoms with Crippen LogP contribution in [-0.2, 0) is 10.0 Å². The first-order chi connectivity index (χ1) is 12.8. The van der Waals surface area contributed by atoms with Crippen LogP contribution in [0.2, 0.25) is 0 Å². The first-order valence-corrected chi connectivity index (χ1v) is 11.1. The molecule has 5 nitrogen and oxygen atoms in total. The van der Waals surface area contributed by atoms with Crippen LogP contribution in [0.15, 0.2) is 29.2 Å². The summed E-state index contributed by atoms with van der Waals surface area (Å²) in [5.74, 6) is 1.30. The van der Waals surface area contributed by atoms with Crippen LogP contribution >= 0.6 is 0 Å².